The zero-order valence-corrected chi connectivity index (χ0v) is 12.5. The highest BCUT2D eigenvalue weighted by Gasteiger charge is 2.41. The third-order valence-corrected chi connectivity index (χ3v) is 4.72. The highest BCUT2D eigenvalue weighted by molar-refractivity contribution is 5.91. The summed E-state index contributed by atoms with van der Waals surface area (Å²) in [7, 11) is 1.89. The number of anilines is 1. The Kier molecular flexibility index (Phi) is 2.77. The first-order chi connectivity index (χ1) is 10.2. The van der Waals surface area contributed by atoms with Crippen molar-refractivity contribution in [2.24, 2.45) is 18.9 Å². The zero-order valence-electron chi connectivity index (χ0n) is 12.5. The number of carbonyl (C=O) groups is 1. The number of carbonyl (C=O) groups excluding carboxylic acids is 1. The maximum Gasteiger partial charge on any atom is 0.160 e. The van der Waals surface area contributed by atoms with E-state index in [1.807, 2.05) is 20.0 Å². The van der Waals surface area contributed by atoms with Crippen LogP contribution in [0.1, 0.15) is 41.7 Å². The van der Waals surface area contributed by atoms with Gasteiger partial charge in [-0.1, -0.05) is 0 Å². The van der Waals surface area contributed by atoms with Gasteiger partial charge in [0.25, 0.3) is 0 Å². The number of fused-ring (bicyclic) bond motifs is 1. The largest absolute Gasteiger partial charge is 0.366 e. The van der Waals surface area contributed by atoms with Crippen molar-refractivity contribution < 1.29 is 4.79 Å². The fourth-order valence-corrected chi connectivity index (χ4v) is 3.25. The molecule has 5 heteroatoms. The standard InChI is InChI=1S/C16H20N4O/c1-9-13-7-12(8-21)15(18-16(13)20(2)19-9)17-14(10-3-4-10)11-5-6-11/h7-8,10-11,14H,3-6H2,1-2H3,(H,17,18). The summed E-state index contributed by atoms with van der Waals surface area (Å²) in [5, 5.41) is 8.92. The minimum absolute atomic E-state index is 0.489. The molecule has 0 bridgehead atoms. The number of nitrogens with one attached hydrogen (secondary N) is 1. The smallest absolute Gasteiger partial charge is 0.160 e. The molecule has 110 valence electrons. The van der Waals surface area contributed by atoms with Crippen LogP contribution in [0.15, 0.2) is 6.07 Å². The van der Waals surface area contributed by atoms with Crippen LogP contribution in [-0.4, -0.2) is 27.1 Å². The second kappa shape index (κ2) is 4.55. The van der Waals surface area contributed by atoms with Crippen LogP contribution in [0.3, 0.4) is 0 Å². The molecule has 0 spiro atoms. The van der Waals surface area contributed by atoms with Gasteiger partial charge in [-0.2, -0.15) is 5.10 Å². The summed E-state index contributed by atoms with van der Waals surface area (Å²) in [6.45, 7) is 1.95. The van der Waals surface area contributed by atoms with Gasteiger partial charge in [-0.25, -0.2) is 4.98 Å². The van der Waals surface area contributed by atoms with E-state index in [2.05, 4.69) is 15.4 Å². The maximum atomic E-state index is 11.4. The molecule has 5 nitrogen and oxygen atoms in total. The summed E-state index contributed by atoms with van der Waals surface area (Å²) < 4.78 is 1.79. The van der Waals surface area contributed by atoms with E-state index in [4.69, 9.17) is 0 Å². The highest BCUT2D eigenvalue weighted by atomic mass is 16.1. The lowest BCUT2D eigenvalue weighted by atomic mass is 10.1. The highest BCUT2D eigenvalue weighted by Crippen LogP contribution is 2.46. The Hall–Kier alpha value is -1.91. The Morgan fingerprint density at radius 1 is 1.33 bits per heavy atom. The van der Waals surface area contributed by atoms with Crippen LogP contribution in [0.5, 0.6) is 0 Å². The third-order valence-electron chi connectivity index (χ3n) is 4.72. The molecule has 2 fully saturated rings. The fraction of sp³-hybridized carbons (Fsp3) is 0.562. The predicted octanol–water partition coefficient (Wildman–Crippen LogP) is 2.69. The molecule has 0 atom stereocenters. The molecule has 2 aliphatic carbocycles. The predicted molar refractivity (Wildman–Crippen MR) is 81.5 cm³/mol. The molecular formula is C16H20N4O. The molecule has 1 N–H and O–H groups in total. The molecule has 0 aliphatic heterocycles. The van der Waals surface area contributed by atoms with E-state index in [0.29, 0.717) is 11.6 Å². The average Bonchev–Trinajstić information content (AvgIpc) is 3.37. The quantitative estimate of drug-likeness (QED) is 0.858. The first-order valence-corrected chi connectivity index (χ1v) is 7.73. The number of aldehydes is 1. The van der Waals surface area contributed by atoms with Gasteiger partial charge >= 0.3 is 0 Å². The Morgan fingerprint density at radius 3 is 2.57 bits per heavy atom. The minimum Gasteiger partial charge on any atom is -0.366 e. The van der Waals surface area contributed by atoms with Crippen LogP contribution in [0.25, 0.3) is 11.0 Å². The molecule has 2 saturated carbocycles. The van der Waals surface area contributed by atoms with E-state index in [1.54, 1.807) is 4.68 Å². The number of hydrogen-bond acceptors (Lipinski definition) is 4. The third kappa shape index (κ3) is 2.20. The fourth-order valence-electron chi connectivity index (χ4n) is 3.25. The van der Waals surface area contributed by atoms with Crippen molar-refractivity contribution in [3.05, 3.63) is 17.3 Å². The summed E-state index contributed by atoms with van der Waals surface area (Å²) in [4.78, 5) is 16.1. The molecule has 2 aliphatic rings. The van der Waals surface area contributed by atoms with E-state index in [9.17, 15) is 4.79 Å². The van der Waals surface area contributed by atoms with E-state index in [-0.39, 0.29) is 0 Å². The van der Waals surface area contributed by atoms with Gasteiger partial charge in [-0.05, 0) is 50.5 Å². The molecule has 0 saturated heterocycles. The van der Waals surface area contributed by atoms with Gasteiger partial charge in [-0.3, -0.25) is 9.48 Å². The van der Waals surface area contributed by atoms with E-state index >= 15 is 0 Å². The summed E-state index contributed by atoms with van der Waals surface area (Å²) in [6.07, 6.45) is 6.11. The summed E-state index contributed by atoms with van der Waals surface area (Å²) in [6, 6.07) is 2.40. The first-order valence-electron chi connectivity index (χ1n) is 7.73. The van der Waals surface area contributed by atoms with Gasteiger partial charge in [0.2, 0.25) is 0 Å². The lowest BCUT2D eigenvalue weighted by Crippen LogP contribution is -2.25. The van der Waals surface area contributed by atoms with Gasteiger partial charge in [-0.15, -0.1) is 0 Å². The van der Waals surface area contributed by atoms with Gasteiger partial charge < -0.3 is 5.32 Å². The molecule has 4 rings (SSSR count). The van der Waals surface area contributed by atoms with E-state index in [0.717, 1.165) is 40.7 Å². The molecule has 21 heavy (non-hydrogen) atoms. The number of pyridine rings is 1. The van der Waals surface area contributed by atoms with Gasteiger partial charge in [0.05, 0.1) is 11.3 Å². The van der Waals surface area contributed by atoms with Crippen LogP contribution in [0, 0.1) is 18.8 Å². The van der Waals surface area contributed by atoms with Crippen LogP contribution in [0.2, 0.25) is 0 Å². The van der Waals surface area contributed by atoms with Crippen molar-refractivity contribution in [3.63, 3.8) is 0 Å². The van der Waals surface area contributed by atoms with Gasteiger partial charge in [0.15, 0.2) is 11.9 Å². The number of aromatic nitrogens is 3. The van der Waals surface area contributed by atoms with Crippen molar-refractivity contribution >= 4 is 23.1 Å². The molecular weight excluding hydrogens is 264 g/mol. The van der Waals surface area contributed by atoms with E-state index in [1.165, 1.54) is 25.7 Å². The van der Waals surface area contributed by atoms with Crippen LogP contribution < -0.4 is 5.32 Å². The SMILES string of the molecule is Cc1nn(C)c2nc(NC(C3CC3)C3CC3)c(C=O)cc12. The zero-order chi connectivity index (χ0) is 14.6. The number of hydrogen-bond donors (Lipinski definition) is 1. The minimum atomic E-state index is 0.489. The van der Waals surface area contributed by atoms with Crippen molar-refractivity contribution in [2.75, 3.05) is 5.32 Å². The van der Waals surface area contributed by atoms with Crippen molar-refractivity contribution in [1.29, 1.82) is 0 Å². The monoisotopic (exact) mass is 284 g/mol. The molecule has 2 heterocycles. The Bertz CT molecular complexity index is 701. The topological polar surface area (TPSA) is 59.8 Å². The van der Waals surface area contributed by atoms with Gasteiger partial charge in [0.1, 0.15) is 5.82 Å². The number of nitrogens with zero attached hydrogens (tertiary/aromatic N) is 3. The van der Waals surface area contributed by atoms with Crippen LogP contribution in [-0.2, 0) is 7.05 Å². The number of rotatable bonds is 5. The van der Waals surface area contributed by atoms with Crippen LogP contribution >= 0.6 is 0 Å². The average molecular weight is 284 g/mol. The van der Waals surface area contributed by atoms with E-state index < -0.39 is 0 Å². The Labute approximate surface area is 123 Å². The Balaban J connectivity index is 1.75. The number of aryl methyl sites for hydroxylation is 2. The normalized spacial score (nSPS) is 18.4. The molecule has 0 aromatic carbocycles. The summed E-state index contributed by atoms with van der Waals surface area (Å²) in [5.74, 6) is 2.26. The Morgan fingerprint density at radius 2 is 2.00 bits per heavy atom. The summed E-state index contributed by atoms with van der Waals surface area (Å²) >= 11 is 0. The summed E-state index contributed by atoms with van der Waals surface area (Å²) in [5.41, 5.74) is 2.39. The molecule has 0 amide bonds. The molecule has 0 unspecified atom stereocenters. The maximum absolute atomic E-state index is 11.4. The van der Waals surface area contributed by atoms with Crippen molar-refractivity contribution in [2.45, 2.75) is 38.6 Å². The second-order valence-electron chi connectivity index (χ2n) is 6.47. The molecule has 0 radical (unpaired) electrons. The van der Waals surface area contributed by atoms with Gasteiger partial charge in [0, 0.05) is 18.5 Å². The van der Waals surface area contributed by atoms with Crippen LogP contribution in [0.4, 0.5) is 5.82 Å². The van der Waals surface area contributed by atoms with Crippen molar-refractivity contribution in [3.8, 4) is 0 Å². The molecule has 2 aromatic heterocycles. The second-order valence-corrected chi connectivity index (χ2v) is 6.47. The lowest BCUT2D eigenvalue weighted by molar-refractivity contribution is 0.112. The first kappa shape index (κ1) is 12.8. The lowest BCUT2D eigenvalue weighted by Gasteiger charge is -2.19. The van der Waals surface area contributed by atoms with Crippen molar-refractivity contribution in [1.82, 2.24) is 14.8 Å². The molecule has 2 aromatic rings.